The van der Waals surface area contributed by atoms with Gasteiger partial charge in [0.05, 0.1) is 18.2 Å². The molecule has 0 radical (unpaired) electrons. The van der Waals surface area contributed by atoms with E-state index < -0.39 is 5.97 Å². The molecule has 0 atom stereocenters. The maximum absolute atomic E-state index is 11.4. The summed E-state index contributed by atoms with van der Waals surface area (Å²) >= 11 is 3.24. The van der Waals surface area contributed by atoms with Crippen LogP contribution in [0.5, 0.6) is 0 Å². The molecule has 15 heavy (non-hydrogen) atoms. The number of halogens is 1. The summed E-state index contributed by atoms with van der Waals surface area (Å²) in [7, 11) is 1.27. The minimum Gasteiger partial charge on any atom is -0.465 e. The van der Waals surface area contributed by atoms with E-state index in [1.54, 1.807) is 12.1 Å². The van der Waals surface area contributed by atoms with E-state index >= 15 is 0 Å². The topological polar surface area (TPSA) is 76.1 Å². The zero-order valence-electron chi connectivity index (χ0n) is 8.08. The lowest BCUT2D eigenvalue weighted by molar-refractivity contribution is 0.0599. The molecule has 0 aliphatic heterocycles. The fourth-order valence-corrected chi connectivity index (χ4v) is 1.76. The zero-order chi connectivity index (χ0) is 11.4. The largest absolute Gasteiger partial charge is 0.465 e. The number of nitriles is 1. The van der Waals surface area contributed by atoms with Crippen LogP contribution in [0.2, 0.25) is 0 Å². The molecule has 0 spiro atoms. The molecule has 1 aromatic carbocycles. The van der Waals surface area contributed by atoms with Crippen LogP contribution in [0.1, 0.15) is 21.5 Å². The van der Waals surface area contributed by atoms with Gasteiger partial charge in [-0.3, -0.25) is 0 Å². The summed E-state index contributed by atoms with van der Waals surface area (Å²) in [6.07, 6.45) is 0. The Morgan fingerprint density at radius 1 is 1.67 bits per heavy atom. The minimum atomic E-state index is -0.542. The Kier molecular flexibility index (Phi) is 3.83. The first-order valence-corrected chi connectivity index (χ1v) is 4.94. The Hall–Kier alpha value is -1.38. The summed E-state index contributed by atoms with van der Waals surface area (Å²) in [6, 6.07) is 5.20. The molecule has 0 aliphatic rings. The molecule has 1 rings (SSSR count). The number of carbonyl (C=O) groups is 1. The Balaban J connectivity index is 3.45. The SMILES string of the molecule is COC(=O)c1c(C#N)cc(Br)cc1CN. The fourth-order valence-electron chi connectivity index (χ4n) is 1.26. The fraction of sp³-hybridized carbons (Fsp3) is 0.200. The molecule has 0 fully saturated rings. The van der Waals surface area contributed by atoms with Crippen molar-refractivity contribution in [3.63, 3.8) is 0 Å². The molecule has 0 aliphatic carbocycles. The molecule has 4 nitrogen and oxygen atoms in total. The summed E-state index contributed by atoms with van der Waals surface area (Å²) in [5.74, 6) is -0.542. The third-order valence-corrected chi connectivity index (χ3v) is 2.37. The second-order valence-corrected chi connectivity index (χ2v) is 3.71. The van der Waals surface area contributed by atoms with Gasteiger partial charge in [-0.15, -0.1) is 0 Å². The van der Waals surface area contributed by atoms with E-state index in [2.05, 4.69) is 20.7 Å². The molecule has 78 valence electrons. The zero-order valence-corrected chi connectivity index (χ0v) is 9.67. The lowest BCUT2D eigenvalue weighted by Gasteiger charge is -2.08. The van der Waals surface area contributed by atoms with Crippen LogP contribution in [-0.4, -0.2) is 13.1 Å². The Morgan fingerprint density at radius 2 is 2.33 bits per heavy atom. The standard InChI is InChI=1S/C10H9BrN2O2/c1-15-10(14)9-6(4-12)2-8(11)3-7(9)5-13/h2-3H,4,12H2,1H3. The monoisotopic (exact) mass is 268 g/mol. The van der Waals surface area contributed by atoms with Gasteiger partial charge < -0.3 is 10.5 Å². The van der Waals surface area contributed by atoms with E-state index in [-0.39, 0.29) is 17.7 Å². The second kappa shape index (κ2) is 4.91. The number of nitrogens with zero attached hydrogens (tertiary/aromatic N) is 1. The third-order valence-electron chi connectivity index (χ3n) is 1.91. The molecule has 0 saturated carbocycles. The molecule has 0 saturated heterocycles. The number of rotatable bonds is 2. The molecular formula is C10H9BrN2O2. The first-order valence-electron chi connectivity index (χ1n) is 4.15. The maximum Gasteiger partial charge on any atom is 0.339 e. The van der Waals surface area contributed by atoms with Gasteiger partial charge in [0.15, 0.2) is 0 Å². The second-order valence-electron chi connectivity index (χ2n) is 2.79. The van der Waals surface area contributed by atoms with E-state index in [1.807, 2.05) is 6.07 Å². The maximum atomic E-state index is 11.4. The highest BCUT2D eigenvalue weighted by Gasteiger charge is 2.17. The molecule has 0 amide bonds. The van der Waals surface area contributed by atoms with Crippen molar-refractivity contribution in [2.75, 3.05) is 7.11 Å². The van der Waals surface area contributed by atoms with Crippen LogP contribution in [0.4, 0.5) is 0 Å². The van der Waals surface area contributed by atoms with Crippen LogP contribution in [-0.2, 0) is 11.3 Å². The van der Waals surface area contributed by atoms with E-state index in [0.717, 1.165) is 0 Å². The number of benzene rings is 1. The highest BCUT2D eigenvalue weighted by atomic mass is 79.9. The van der Waals surface area contributed by atoms with E-state index in [9.17, 15) is 4.79 Å². The number of esters is 1. The van der Waals surface area contributed by atoms with Crippen LogP contribution in [0.15, 0.2) is 16.6 Å². The molecule has 1 aromatic rings. The number of carbonyl (C=O) groups excluding carboxylic acids is 1. The van der Waals surface area contributed by atoms with Crippen molar-refractivity contribution in [1.82, 2.24) is 0 Å². The first-order chi connectivity index (χ1) is 7.13. The van der Waals surface area contributed by atoms with Gasteiger partial charge in [-0.1, -0.05) is 15.9 Å². The number of ether oxygens (including phenoxy) is 1. The van der Waals surface area contributed by atoms with Crippen molar-refractivity contribution in [2.45, 2.75) is 6.54 Å². The minimum absolute atomic E-state index is 0.179. The molecule has 0 aromatic heterocycles. The van der Waals surface area contributed by atoms with Gasteiger partial charge in [0.25, 0.3) is 0 Å². The van der Waals surface area contributed by atoms with Crippen molar-refractivity contribution in [2.24, 2.45) is 5.73 Å². The van der Waals surface area contributed by atoms with E-state index in [1.165, 1.54) is 7.11 Å². The van der Waals surface area contributed by atoms with Crippen molar-refractivity contribution < 1.29 is 9.53 Å². The van der Waals surface area contributed by atoms with Gasteiger partial charge in [0, 0.05) is 11.0 Å². The number of methoxy groups -OCH3 is 1. The van der Waals surface area contributed by atoms with Crippen LogP contribution in [0.3, 0.4) is 0 Å². The highest BCUT2D eigenvalue weighted by Crippen LogP contribution is 2.21. The van der Waals surface area contributed by atoms with Crippen LogP contribution in [0.25, 0.3) is 0 Å². The number of hydrogen-bond acceptors (Lipinski definition) is 4. The van der Waals surface area contributed by atoms with Gasteiger partial charge in [0.2, 0.25) is 0 Å². The first kappa shape index (κ1) is 11.7. The van der Waals surface area contributed by atoms with Gasteiger partial charge in [-0.25, -0.2) is 4.79 Å². The Morgan fingerprint density at radius 3 is 2.80 bits per heavy atom. The molecule has 0 bridgehead atoms. The summed E-state index contributed by atoms with van der Waals surface area (Å²) < 4.78 is 5.32. The van der Waals surface area contributed by atoms with E-state index in [0.29, 0.717) is 10.0 Å². The van der Waals surface area contributed by atoms with E-state index in [4.69, 9.17) is 11.0 Å². The summed E-state index contributed by atoms with van der Waals surface area (Å²) in [4.78, 5) is 11.4. The Bertz CT molecular complexity index is 438. The van der Waals surface area contributed by atoms with Crippen molar-refractivity contribution in [3.8, 4) is 6.07 Å². The smallest absolute Gasteiger partial charge is 0.339 e. The Labute approximate surface area is 95.8 Å². The molecular weight excluding hydrogens is 260 g/mol. The average molecular weight is 269 g/mol. The molecule has 0 unspecified atom stereocenters. The number of hydrogen-bond donors (Lipinski definition) is 1. The molecule has 2 N–H and O–H groups in total. The number of nitrogens with two attached hydrogens (primary N) is 1. The quantitative estimate of drug-likeness (QED) is 0.827. The highest BCUT2D eigenvalue weighted by molar-refractivity contribution is 9.10. The van der Waals surface area contributed by atoms with Gasteiger partial charge in [-0.2, -0.15) is 5.26 Å². The van der Waals surface area contributed by atoms with Gasteiger partial charge in [0.1, 0.15) is 6.07 Å². The van der Waals surface area contributed by atoms with Crippen LogP contribution >= 0.6 is 15.9 Å². The van der Waals surface area contributed by atoms with Gasteiger partial charge >= 0.3 is 5.97 Å². The third kappa shape index (κ3) is 2.35. The normalized spacial score (nSPS) is 9.47. The molecule has 5 heteroatoms. The molecule has 0 heterocycles. The summed E-state index contributed by atoms with van der Waals surface area (Å²) in [5.41, 5.74) is 6.59. The van der Waals surface area contributed by atoms with Gasteiger partial charge in [-0.05, 0) is 17.7 Å². The predicted octanol–water partition coefficient (Wildman–Crippen LogP) is 1.57. The lowest BCUT2D eigenvalue weighted by Crippen LogP contribution is -2.11. The predicted molar refractivity (Wildman–Crippen MR) is 58.1 cm³/mol. The van der Waals surface area contributed by atoms with Crippen LogP contribution < -0.4 is 5.73 Å². The van der Waals surface area contributed by atoms with Crippen molar-refractivity contribution in [1.29, 1.82) is 5.26 Å². The summed E-state index contributed by atoms with van der Waals surface area (Å²) in [5, 5.41) is 8.89. The van der Waals surface area contributed by atoms with Crippen LogP contribution in [0, 0.1) is 11.3 Å². The lowest BCUT2D eigenvalue weighted by atomic mass is 10.0. The average Bonchev–Trinajstić information content (AvgIpc) is 2.26. The summed E-state index contributed by atoms with van der Waals surface area (Å²) in [6.45, 7) is 0.179. The van der Waals surface area contributed by atoms with Crippen molar-refractivity contribution >= 4 is 21.9 Å². The van der Waals surface area contributed by atoms with Crippen molar-refractivity contribution in [3.05, 3.63) is 33.3 Å².